The van der Waals surface area contributed by atoms with Crippen molar-refractivity contribution in [3.63, 3.8) is 0 Å². The van der Waals surface area contributed by atoms with Crippen molar-refractivity contribution in [2.75, 3.05) is 37.6 Å². The number of nitrogens with zero attached hydrogens (tertiary/aromatic N) is 2. The lowest BCUT2D eigenvalue weighted by Crippen LogP contribution is -2.51. The summed E-state index contributed by atoms with van der Waals surface area (Å²) in [6.45, 7) is 1.91. The van der Waals surface area contributed by atoms with Gasteiger partial charge in [-0.25, -0.2) is 17.5 Å². The molecule has 6 nitrogen and oxygen atoms in total. The molecule has 2 aromatic carbocycles. The highest BCUT2D eigenvalue weighted by molar-refractivity contribution is 7.92. The van der Waals surface area contributed by atoms with Gasteiger partial charge in [0.1, 0.15) is 5.82 Å². The molecule has 1 fully saturated rings. The van der Waals surface area contributed by atoms with Crippen molar-refractivity contribution in [2.45, 2.75) is 0 Å². The highest BCUT2D eigenvalue weighted by Gasteiger charge is 2.22. The summed E-state index contributed by atoms with van der Waals surface area (Å²) in [6, 6.07) is 15.3. The van der Waals surface area contributed by atoms with E-state index in [4.69, 9.17) is 0 Å². The van der Waals surface area contributed by atoms with Crippen LogP contribution in [0.3, 0.4) is 0 Å². The van der Waals surface area contributed by atoms with Gasteiger partial charge < -0.3 is 9.80 Å². The number of piperazine rings is 1. The van der Waals surface area contributed by atoms with Crippen molar-refractivity contribution in [1.29, 1.82) is 0 Å². The molecule has 1 saturated heterocycles. The number of rotatable bonds is 6. The average Bonchev–Trinajstić information content (AvgIpc) is 2.72. The third-order valence-corrected chi connectivity index (χ3v) is 5.53. The lowest BCUT2D eigenvalue weighted by atomic mass is 10.2. The molecule has 1 heterocycles. The Hall–Kier alpha value is -2.71. The van der Waals surface area contributed by atoms with E-state index in [-0.39, 0.29) is 18.3 Å². The van der Waals surface area contributed by atoms with Crippen LogP contribution in [0.1, 0.15) is 5.56 Å². The van der Waals surface area contributed by atoms with Gasteiger partial charge in [0.2, 0.25) is 15.9 Å². The van der Waals surface area contributed by atoms with E-state index in [1.54, 1.807) is 29.2 Å². The molecule has 0 bridgehead atoms. The van der Waals surface area contributed by atoms with Crippen molar-refractivity contribution in [1.82, 2.24) is 9.62 Å². The van der Waals surface area contributed by atoms with E-state index in [0.717, 1.165) is 16.7 Å². The molecule has 8 heteroatoms. The van der Waals surface area contributed by atoms with Gasteiger partial charge in [-0.1, -0.05) is 30.3 Å². The summed E-state index contributed by atoms with van der Waals surface area (Å²) in [4.78, 5) is 16.0. The molecule has 148 valence electrons. The van der Waals surface area contributed by atoms with Gasteiger partial charge in [0.25, 0.3) is 0 Å². The second-order valence-corrected chi connectivity index (χ2v) is 8.07. The minimum Gasteiger partial charge on any atom is -0.368 e. The smallest absolute Gasteiger partial charge is 0.237 e. The van der Waals surface area contributed by atoms with Crippen LogP contribution in [-0.4, -0.2) is 51.9 Å². The van der Waals surface area contributed by atoms with E-state index in [2.05, 4.69) is 9.62 Å². The molecule has 0 atom stereocenters. The fourth-order valence-corrected chi connectivity index (χ4v) is 3.68. The summed E-state index contributed by atoms with van der Waals surface area (Å²) in [5.74, 6) is -0.554. The monoisotopic (exact) mass is 403 g/mol. The largest absolute Gasteiger partial charge is 0.368 e. The fraction of sp³-hybridized carbons (Fsp3) is 0.250. The van der Waals surface area contributed by atoms with Crippen molar-refractivity contribution in [2.24, 2.45) is 0 Å². The first-order valence-corrected chi connectivity index (χ1v) is 10.5. The summed E-state index contributed by atoms with van der Waals surface area (Å²) >= 11 is 0. The topological polar surface area (TPSA) is 69.7 Å². The minimum absolute atomic E-state index is 0.268. The van der Waals surface area contributed by atoms with Gasteiger partial charge in [0, 0.05) is 37.3 Å². The molecule has 1 amide bonds. The zero-order valence-electron chi connectivity index (χ0n) is 15.3. The second-order valence-electron chi connectivity index (χ2n) is 6.42. The molecular formula is C20H22FN3O3S. The van der Waals surface area contributed by atoms with E-state index < -0.39 is 10.0 Å². The molecule has 1 N–H and O–H groups in total. The SMILES string of the molecule is O=C(CNS(=O)(=O)/C=C/c1ccccc1)N1CCN(c2ccc(F)cc2)CC1. The van der Waals surface area contributed by atoms with Crippen molar-refractivity contribution >= 4 is 27.7 Å². The molecule has 0 radical (unpaired) electrons. The number of amides is 1. The Kier molecular flexibility index (Phi) is 6.43. The van der Waals surface area contributed by atoms with Gasteiger partial charge in [-0.3, -0.25) is 4.79 Å². The third-order valence-electron chi connectivity index (χ3n) is 4.49. The summed E-state index contributed by atoms with van der Waals surface area (Å²) < 4.78 is 39.4. The van der Waals surface area contributed by atoms with Crippen molar-refractivity contribution in [3.8, 4) is 0 Å². The van der Waals surface area contributed by atoms with Crippen LogP contribution in [-0.2, 0) is 14.8 Å². The third kappa shape index (κ3) is 5.64. The van der Waals surface area contributed by atoms with Gasteiger partial charge in [-0.2, -0.15) is 0 Å². The Bertz CT molecular complexity index is 923. The summed E-state index contributed by atoms with van der Waals surface area (Å²) in [5.41, 5.74) is 1.66. The number of hydrogen-bond acceptors (Lipinski definition) is 4. The van der Waals surface area contributed by atoms with Crippen LogP contribution in [0.5, 0.6) is 0 Å². The van der Waals surface area contributed by atoms with E-state index in [1.807, 2.05) is 18.2 Å². The van der Waals surface area contributed by atoms with E-state index in [0.29, 0.717) is 26.2 Å². The summed E-state index contributed by atoms with van der Waals surface area (Å²) in [7, 11) is -3.70. The van der Waals surface area contributed by atoms with E-state index >= 15 is 0 Å². The quantitative estimate of drug-likeness (QED) is 0.802. The number of hydrogen-bond donors (Lipinski definition) is 1. The fourth-order valence-electron chi connectivity index (χ4n) is 2.92. The molecule has 0 spiro atoms. The number of carbonyl (C=O) groups excluding carboxylic acids is 1. The summed E-state index contributed by atoms with van der Waals surface area (Å²) in [5, 5.41) is 1.06. The highest BCUT2D eigenvalue weighted by Crippen LogP contribution is 2.16. The first-order chi connectivity index (χ1) is 13.4. The molecule has 28 heavy (non-hydrogen) atoms. The Balaban J connectivity index is 1.47. The van der Waals surface area contributed by atoms with Gasteiger partial charge >= 0.3 is 0 Å². The Morgan fingerprint density at radius 2 is 1.64 bits per heavy atom. The first-order valence-electron chi connectivity index (χ1n) is 8.94. The standard InChI is InChI=1S/C20H22FN3O3S/c21-18-6-8-19(9-7-18)23-11-13-24(14-12-23)20(25)16-22-28(26,27)15-10-17-4-2-1-3-5-17/h1-10,15,22H,11-14,16H2/b15-10+. The van der Waals surface area contributed by atoms with Crippen LogP contribution in [0.4, 0.5) is 10.1 Å². The van der Waals surface area contributed by atoms with Gasteiger partial charge in [-0.05, 0) is 35.9 Å². The lowest BCUT2D eigenvalue weighted by molar-refractivity contribution is -0.130. The molecule has 0 aromatic heterocycles. The van der Waals surface area contributed by atoms with Gasteiger partial charge in [0.05, 0.1) is 6.54 Å². The van der Waals surface area contributed by atoms with Crippen LogP contribution < -0.4 is 9.62 Å². The molecule has 1 aliphatic heterocycles. The summed E-state index contributed by atoms with van der Waals surface area (Å²) in [6.07, 6.45) is 1.48. The van der Waals surface area contributed by atoms with E-state index in [9.17, 15) is 17.6 Å². The number of nitrogens with one attached hydrogen (secondary N) is 1. The maximum absolute atomic E-state index is 13.0. The first kappa shape index (κ1) is 20.0. The molecule has 0 saturated carbocycles. The number of anilines is 1. The zero-order chi connectivity index (χ0) is 20.0. The van der Waals surface area contributed by atoms with Crippen LogP contribution in [0.25, 0.3) is 6.08 Å². The van der Waals surface area contributed by atoms with Crippen molar-refractivity contribution in [3.05, 3.63) is 71.4 Å². The number of carbonyl (C=O) groups is 1. The molecule has 0 aliphatic carbocycles. The average molecular weight is 403 g/mol. The molecule has 2 aromatic rings. The molecule has 0 unspecified atom stereocenters. The molecule has 3 rings (SSSR count). The lowest BCUT2D eigenvalue weighted by Gasteiger charge is -2.36. The number of halogens is 1. The Morgan fingerprint density at radius 1 is 1.00 bits per heavy atom. The maximum Gasteiger partial charge on any atom is 0.237 e. The zero-order valence-corrected chi connectivity index (χ0v) is 16.1. The molecule has 1 aliphatic rings. The van der Waals surface area contributed by atoms with E-state index in [1.165, 1.54) is 18.2 Å². The molecular weight excluding hydrogens is 381 g/mol. The van der Waals surface area contributed by atoms with Crippen molar-refractivity contribution < 1.29 is 17.6 Å². The predicted octanol–water partition coefficient (Wildman–Crippen LogP) is 2.06. The predicted molar refractivity (Wildman–Crippen MR) is 108 cm³/mol. The normalized spacial score (nSPS) is 15.2. The maximum atomic E-state index is 13.0. The Morgan fingerprint density at radius 3 is 2.29 bits per heavy atom. The second kappa shape index (κ2) is 8.99. The van der Waals surface area contributed by atoms with Crippen LogP contribution in [0.2, 0.25) is 0 Å². The van der Waals surface area contributed by atoms with Gasteiger partial charge in [0.15, 0.2) is 0 Å². The highest BCUT2D eigenvalue weighted by atomic mass is 32.2. The Labute approximate surface area is 164 Å². The van der Waals surface area contributed by atoms with Crippen LogP contribution in [0.15, 0.2) is 60.0 Å². The number of benzene rings is 2. The van der Waals surface area contributed by atoms with Crippen LogP contribution >= 0.6 is 0 Å². The minimum atomic E-state index is -3.70. The number of sulfonamides is 1. The van der Waals surface area contributed by atoms with Gasteiger partial charge in [-0.15, -0.1) is 0 Å². The van der Waals surface area contributed by atoms with Crippen LogP contribution in [0, 0.1) is 5.82 Å².